The second kappa shape index (κ2) is 6.79. The lowest BCUT2D eigenvalue weighted by Gasteiger charge is -2.35. The molecule has 4 rings (SSSR count). The molecular weight excluding hydrogens is 316 g/mol. The predicted molar refractivity (Wildman–Crippen MR) is 94.1 cm³/mol. The van der Waals surface area contributed by atoms with Crippen LogP contribution in [0.15, 0.2) is 24.3 Å². The Morgan fingerprint density at radius 2 is 1.88 bits per heavy atom. The van der Waals surface area contributed by atoms with Gasteiger partial charge in [-0.2, -0.15) is 0 Å². The average Bonchev–Trinajstić information content (AvgIpc) is 3.00. The highest BCUT2D eigenvalue weighted by atomic mass is 16.4. The van der Waals surface area contributed by atoms with Gasteiger partial charge in [-0.25, -0.2) is 0 Å². The van der Waals surface area contributed by atoms with E-state index in [2.05, 4.69) is 12.1 Å². The maximum absolute atomic E-state index is 12.9. The van der Waals surface area contributed by atoms with Crippen LogP contribution in [0.4, 0.5) is 0 Å². The predicted octanol–water partition coefficient (Wildman–Crippen LogP) is 2.29. The molecule has 1 N–H and O–H groups in total. The van der Waals surface area contributed by atoms with E-state index in [1.165, 1.54) is 17.5 Å². The third kappa shape index (κ3) is 3.17. The minimum atomic E-state index is -0.772. The van der Waals surface area contributed by atoms with Crippen LogP contribution in [0.5, 0.6) is 0 Å². The van der Waals surface area contributed by atoms with Crippen molar-refractivity contribution in [3.05, 3.63) is 35.4 Å². The molecule has 0 bridgehead atoms. The lowest BCUT2D eigenvalue weighted by atomic mass is 9.85. The molecule has 1 saturated carbocycles. The molecule has 1 amide bonds. The Hall–Kier alpha value is -1.88. The van der Waals surface area contributed by atoms with Crippen molar-refractivity contribution >= 4 is 11.9 Å². The summed E-state index contributed by atoms with van der Waals surface area (Å²) in [5, 5.41) is 9.62. The van der Waals surface area contributed by atoms with Gasteiger partial charge in [-0.1, -0.05) is 37.1 Å². The first-order chi connectivity index (χ1) is 12.1. The van der Waals surface area contributed by atoms with E-state index in [9.17, 15) is 14.7 Å². The SMILES string of the molecule is O=C(O)[C@@H]1C[C@H]2CCCC[C@@H]2N1CC(=O)N1CCc2ccccc2C1. The van der Waals surface area contributed by atoms with Gasteiger partial charge in [0.25, 0.3) is 0 Å². The van der Waals surface area contributed by atoms with Crippen molar-refractivity contribution in [1.29, 1.82) is 0 Å². The first kappa shape index (κ1) is 16.6. The summed E-state index contributed by atoms with van der Waals surface area (Å²) in [4.78, 5) is 28.5. The zero-order valence-electron chi connectivity index (χ0n) is 14.6. The van der Waals surface area contributed by atoms with Crippen LogP contribution in [0.1, 0.15) is 43.2 Å². The van der Waals surface area contributed by atoms with Gasteiger partial charge in [-0.3, -0.25) is 14.5 Å². The molecule has 0 unspecified atom stereocenters. The van der Waals surface area contributed by atoms with Crippen molar-refractivity contribution in [3.8, 4) is 0 Å². The Labute approximate surface area is 148 Å². The van der Waals surface area contributed by atoms with Crippen molar-refractivity contribution in [2.24, 2.45) is 5.92 Å². The van der Waals surface area contributed by atoms with Crippen molar-refractivity contribution in [1.82, 2.24) is 9.80 Å². The summed E-state index contributed by atoms with van der Waals surface area (Å²) < 4.78 is 0. The summed E-state index contributed by atoms with van der Waals surface area (Å²) in [6.45, 7) is 1.63. The van der Waals surface area contributed by atoms with Crippen molar-refractivity contribution in [3.63, 3.8) is 0 Å². The minimum Gasteiger partial charge on any atom is -0.480 e. The van der Waals surface area contributed by atoms with E-state index in [4.69, 9.17) is 0 Å². The standard InChI is InChI=1S/C20H26N2O3/c23-19(21-10-9-14-5-1-2-7-16(14)12-21)13-22-17-8-4-3-6-15(17)11-18(22)20(24)25/h1-2,5,7,15,17-18H,3-4,6,8-13H2,(H,24,25)/t15-,17+,18+/m1/s1. The Morgan fingerprint density at radius 1 is 1.12 bits per heavy atom. The molecule has 1 aromatic rings. The lowest BCUT2D eigenvalue weighted by Crippen LogP contribution is -2.49. The van der Waals surface area contributed by atoms with Crippen LogP contribution in [-0.2, 0) is 22.6 Å². The number of hydrogen-bond acceptors (Lipinski definition) is 3. The summed E-state index contributed by atoms with van der Waals surface area (Å²) in [6.07, 6.45) is 6.07. The van der Waals surface area contributed by atoms with Crippen LogP contribution in [0, 0.1) is 5.92 Å². The van der Waals surface area contributed by atoms with Crippen LogP contribution in [0.25, 0.3) is 0 Å². The fourth-order valence-electron chi connectivity index (χ4n) is 4.99. The van der Waals surface area contributed by atoms with Crippen LogP contribution in [0.2, 0.25) is 0 Å². The molecule has 2 fully saturated rings. The molecule has 3 atom stereocenters. The van der Waals surface area contributed by atoms with E-state index < -0.39 is 12.0 Å². The van der Waals surface area contributed by atoms with Gasteiger partial charge < -0.3 is 10.0 Å². The molecular formula is C20H26N2O3. The van der Waals surface area contributed by atoms with E-state index in [-0.39, 0.29) is 18.5 Å². The summed E-state index contributed by atoms with van der Waals surface area (Å²) in [6, 6.07) is 8.05. The van der Waals surface area contributed by atoms with E-state index in [0.29, 0.717) is 18.9 Å². The molecule has 0 spiro atoms. The Morgan fingerprint density at radius 3 is 2.68 bits per heavy atom. The highest BCUT2D eigenvalue weighted by Crippen LogP contribution is 2.39. The first-order valence-electron chi connectivity index (χ1n) is 9.46. The summed E-state index contributed by atoms with van der Waals surface area (Å²) in [7, 11) is 0. The minimum absolute atomic E-state index is 0.0759. The molecule has 1 aromatic carbocycles. The molecule has 3 aliphatic rings. The van der Waals surface area contributed by atoms with Crippen LogP contribution < -0.4 is 0 Å². The Kier molecular flexibility index (Phi) is 4.50. The quantitative estimate of drug-likeness (QED) is 0.915. The van der Waals surface area contributed by atoms with E-state index in [0.717, 1.165) is 32.2 Å². The van der Waals surface area contributed by atoms with Crippen LogP contribution in [0.3, 0.4) is 0 Å². The van der Waals surface area contributed by atoms with Crippen molar-refractivity contribution in [2.45, 2.75) is 57.2 Å². The third-order valence-electron chi connectivity index (χ3n) is 6.31. The van der Waals surface area contributed by atoms with Gasteiger partial charge in [-0.15, -0.1) is 0 Å². The molecule has 0 aromatic heterocycles. The summed E-state index contributed by atoms with van der Waals surface area (Å²) >= 11 is 0. The summed E-state index contributed by atoms with van der Waals surface area (Å²) in [5.41, 5.74) is 2.54. The molecule has 134 valence electrons. The molecule has 5 heteroatoms. The zero-order chi connectivity index (χ0) is 17.4. The van der Waals surface area contributed by atoms with Gasteiger partial charge in [0.15, 0.2) is 0 Å². The number of aliphatic carboxylic acids is 1. The second-order valence-electron chi connectivity index (χ2n) is 7.71. The number of rotatable bonds is 3. The third-order valence-corrected chi connectivity index (χ3v) is 6.31. The van der Waals surface area contributed by atoms with Gasteiger partial charge in [0.05, 0.1) is 6.54 Å². The van der Waals surface area contributed by atoms with E-state index in [1.54, 1.807) is 0 Å². The second-order valence-corrected chi connectivity index (χ2v) is 7.71. The summed E-state index contributed by atoms with van der Waals surface area (Å²) in [5.74, 6) is -0.247. The number of carbonyl (C=O) groups is 2. The van der Waals surface area contributed by atoms with Crippen LogP contribution in [-0.4, -0.2) is 52.0 Å². The van der Waals surface area contributed by atoms with Gasteiger partial charge in [-0.05, 0) is 42.7 Å². The van der Waals surface area contributed by atoms with Crippen LogP contribution >= 0.6 is 0 Å². The molecule has 1 aliphatic carbocycles. The molecule has 2 heterocycles. The molecule has 25 heavy (non-hydrogen) atoms. The van der Waals surface area contributed by atoms with Gasteiger partial charge in [0.1, 0.15) is 6.04 Å². The topological polar surface area (TPSA) is 60.9 Å². The number of carbonyl (C=O) groups excluding carboxylic acids is 1. The van der Waals surface area contributed by atoms with Gasteiger partial charge in [0.2, 0.25) is 5.91 Å². The van der Waals surface area contributed by atoms with Crippen molar-refractivity contribution in [2.75, 3.05) is 13.1 Å². The maximum atomic E-state index is 12.9. The molecule has 2 aliphatic heterocycles. The number of hydrogen-bond donors (Lipinski definition) is 1. The smallest absolute Gasteiger partial charge is 0.320 e. The van der Waals surface area contributed by atoms with Gasteiger partial charge in [0, 0.05) is 19.1 Å². The fourth-order valence-corrected chi connectivity index (χ4v) is 4.99. The first-order valence-corrected chi connectivity index (χ1v) is 9.46. The molecule has 1 saturated heterocycles. The number of amides is 1. The lowest BCUT2D eigenvalue weighted by molar-refractivity contribution is -0.144. The number of carboxylic acid groups (broad SMARTS) is 1. The zero-order valence-corrected chi connectivity index (χ0v) is 14.6. The number of nitrogens with zero attached hydrogens (tertiary/aromatic N) is 2. The number of fused-ring (bicyclic) bond motifs is 2. The maximum Gasteiger partial charge on any atom is 0.320 e. The van der Waals surface area contributed by atoms with E-state index in [1.807, 2.05) is 21.9 Å². The molecule has 5 nitrogen and oxygen atoms in total. The highest BCUT2D eigenvalue weighted by molar-refractivity contribution is 5.80. The Bertz CT molecular complexity index is 675. The average molecular weight is 342 g/mol. The number of benzene rings is 1. The monoisotopic (exact) mass is 342 g/mol. The normalized spacial score (nSPS) is 29.1. The number of carboxylic acids is 1. The van der Waals surface area contributed by atoms with Crippen molar-refractivity contribution < 1.29 is 14.7 Å². The molecule has 0 radical (unpaired) electrons. The number of likely N-dealkylation sites (tertiary alicyclic amines) is 1. The fraction of sp³-hybridized carbons (Fsp3) is 0.600. The van der Waals surface area contributed by atoms with Gasteiger partial charge >= 0.3 is 5.97 Å². The highest BCUT2D eigenvalue weighted by Gasteiger charge is 2.46. The van der Waals surface area contributed by atoms with E-state index >= 15 is 0 Å². The Balaban J connectivity index is 1.47. The largest absolute Gasteiger partial charge is 0.480 e.